The molecular formula is C17H16F2N2O5S. The van der Waals surface area contributed by atoms with Gasteiger partial charge in [0, 0.05) is 12.1 Å². The Bertz CT molecular complexity index is 961. The molecule has 0 saturated heterocycles. The van der Waals surface area contributed by atoms with E-state index in [2.05, 4.69) is 5.32 Å². The summed E-state index contributed by atoms with van der Waals surface area (Å²) < 4.78 is 62.7. The molecule has 27 heavy (non-hydrogen) atoms. The van der Waals surface area contributed by atoms with Crippen molar-refractivity contribution in [3.63, 3.8) is 0 Å². The van der Waals surface area contributed by atoms with Gasteiger partial charge < -0.3 is 14.8 Å². The average molecular weight is 398 g/mol. The number of carbonyl (C=O) groups is 1. The lowest BCUT2D eigenvalue weighted by Crippen LogP contribution is -2.39. The first-order valence-corrected chi connectivity index (χ1v) is 9.72. The number of ether oxygens (including phenoxy) is 2. The molecule has 2 aromatic rings. The average Bonchev–Trinajstić information content (AvgIpc) is 3.06. The van der Waals surface area contributed by atoms with E-state index >= 15 is 0 Å². The van der Waals surface area contributed by atoms with E-state index in [1.807, 2.05) is 0 Å². The molecule has 0 spiro atoms. The Morgan fingerprint density at radius 2 is 1.81 bits per heavy atom. The first kappa shape index (κ1) is 18.9. The van der Waals surface area contributed by atoms with Crippen LogP contribution < -0.4 is 19.1 Å². The second kappa shape index (κ2) is 7.39. The van der Waals surface area contributed by atoms with Crippen molar-refractivity contribution in [2.75, 3.05) is 30.4 Å². The lowest BCUT2D eigenvalue weighted by Gasteiger charge is -2.23. The van der Waals surface area contributed by atoms with Crippen LogP contribution in [0, 0.1) is 11.6 Å². The van der Waals surface area contributed by atoms with Crippen molar-refractivity contribution in [3.8, 4) is 11.5 Å². The third-order valence-electron chi connectivity index (χ3n) is 3.82. The fourth-order valence-electron chi connectivity index (χ4n) is 2.58. The fourth-order valence-corrected chi connectivity index (χ4v) is 3.51. The number of para-hydroxylation sites is 1. The zero-order valence-electron chi connectivity index (χ0n) is 14.2. The Balaban J connectivity index is 1.70. The van der Waals surface area contributed by atoms with Crippen molar-refractivity contribution < 1.29 is 31.5 Å². The monoisotopic (exact) mass is 398 g/mol. The van der Waals surface area contributed by atoms with Crippen molar-refractivity contribution in [3.05, 3.63) is 53.6 Å². The lowest BCUT2D eigenvalue weighted by atomic mass is 10.2. The molecule has 0 fully saturated rings. The van der Waals surface area contributed by atoms with Crippen LogP contribution in [0.1, 0.15) is 10.4 Å². The summed E-state index contributed by atoms with van der Waals surface area (Å²) in [5.74, 6) is -1.57. The molecule has 0 saturated carbocycles. The second-order valence-electron chi connectivity index (χ2n) is 5.73. The molecule has 1 aliphatic heterocycles. The molecule has 0 aliphatic carbocycles. The molecule has 1 N–H and O–H groups in total. The van der Waals surface area contributed by atoms with Gasteiger partial charge in [-0.05, 0) is 30.3 Å². The van der Waals surface area contributed by atoms with Gasteiger partial charge in [-0.1, -0.05) is 6.07 Å². The highest BCUT2D eigenvalue weighted by atomic mass is 32.2. The molecule has 0 unspecified atom stereocenters. The summed E-state index contributed by atoms with van der Waals surface area (Å²) in [5, 5.41) is 2.52. The summed E-state index contributed by atoms with van der Waals surface area (Å²) in [6.45, 7) is -0.432. The number of hydrogen-bond donors (Lipinski definition) is 1. The van der Waals surface area contributed by atoms with Gasteiger partial charge in [0.15, 0.2) is 23.1 Å². The fraction of sp³-hybridized carbons (Fsp3) is 0.235. The van der Waals surface area contributed by atoms with Gasteiger partial charge in [0.05, 0.1) is 12.8 Å². The van der Waals surface area contributed by atoms with Crippen molar-refractivity contribution in [2.24, 2.45) is 0 Å². The summed E-state index contributed by atoms with van der Waals surface area (Å²) in [6, 6.07) is 7.64. The number of fused-ring (bicyclic) bond motifs is 1. The number of anilines is 1. The van der Waals surface area contributed by atoms with Crippen LogP contribution in [0.4, 0.5) is 14.5 Å². The van der Waals surface area contributed by atoms with Gasteiger partial charge >= 0.3 is 0 Å². The zero-order valence-corrected chi connectivity index (χ0v) is 15.1. The molecule has 0 atom stereocenters. The normalized spacial score (nSPS) is 12.7. The second-order valence-corrected chi connectivity index (χ2v) is 7.64. The highest BCUT2D eigenvalue weighted by Crippen LogP contribution is 2.32. The molecule has 0 aromatic heterocycles. The molecule has 2 aromatic carbocycles. The molecule has 0 radical (unpaired) electrons. The topological polar surface area (TPSA) is 84.9 Å². The Kier molecular flexibility index (Phi) is 5.17. The minimum Gasteiger partial charge on any atom is -0.454 e. The smallest absolute Gasteiger partial charge is 0.251 e. The molecule has 0 bridgehead atoms. The van der Waals surface area contributed by atoms with Crippen molar-refractivity contribution in [2.45, 2.75) is 0 Å². The van der Waals surface area contributed by atoms with Crippen LogP contribution in [-0.4, -0.2) is 40.5 Å². The third kappa shape index (κ3) is 4.11. The summed E-state index contributed by atoms with van der Waals surface area (Å²) in [6.07, 6.45) is 0.832. The largest absolute Gasteiger partial charge is 0.454 e. The molecule has 1 heterocycles. The van der Waals surface area contributed by atoms with Crippen molar-refractivity contribution in [1.82, 2.24) is 5.32 Å². The van der Waals surface area contributed by atoms with Crippen LogP contribution in [0.5, 0.6) is 11.5 Å². The SMILES string of the molecule is CS(=O)(=O)N(CCNC(=O)c1ccc2c(c1)OCO2)c1c(F)cccc1F. The third-order valence-corrected chi connectivity index (χ3v) is 4.99. The van der Waals surface area contributed by atoms with Crippen LogP contribution in [0.2, 0.25) is 0 Å². The Morgan fingerprint density at radius 1 is 1.15 bits per heavy atom. The van der Waals surface area contributed by atoms with E-state index in [-0.39, 0.29) is 25.4 Å². The predicted molar refractivity (Wildman–Crippen MR) is 93.4 cm³/mol. The van der Waals surface area contributed by atoms with Crippen LogP contribution in [0.3, 0.4) is 0 Å². The van der Waals surface area contributed by atoms with E-state index in [9.17, 15) is 22.0 Å². The molecule has 1 amide bonds. The van der Waals surface area contributed by atoms with Crippen LogP contribution >= 0.6 is 0 Å². The predicted octanol–water partition coefficient (Wildman–Crippen LogP) is 1.89. The number of halogens is 2. The maximum absolute atomic E-state index is 13.9. The first-order chi connectivity index (χ1) is 12.8. The van der Waals surface area contributed by atoms with Gasteiger partial charge in [0.2, 0.25) is 16.8 Å². The Morgan fingerprint density at radius 3 is 2.48 bits per heavy atom. The molecule has 10 heteroatoms. The molecule has 3 rings (SSSR count). The van der Waals surface area contributed by atoms with Gasteiger partial charge in [-0.25, -0.2) is 17.2 Å². The van der Waals surface area contributed by atoms with Crippen LogP contribution in [0.15, 0.2) is 36.4 Å². The molecular weight excluding hydrogens is 382 g/mol. The van der Waals surface area contributed by atoms with Crippen LogP contribution in [0.25, 0.3) is 0 Å². The van der Waals surface area contributed by atoms with Crippen molar-refractivity contribution >= 4 is 21.6 Å². The standard InChI is InChI=1S/C17H16F2N2O5S/c1-27(23,24)21(16-12(18)3-2-4-13(16)19)8-7-20-17(22)11-5-6-14-15(9-11)26-10-25-14/h2-6,9H,7-8,10H2,1H3,(H,20,22). The number of nitrogens with zero attached hydrogens (tertiary/aromatic N) is 1. The first-order valence-electron chi connectivity index (χ1n) is 7.87. The number of benzene rings is 2. The van der Waals surface area contributed by atoms with Crippen LogP contribution in [-0.2, 0) is 10.0 Å². The summed E-state index contributed by atoms with van der Waals surface area (Å²) in [7, 11) is -3.97. The van der Waals surface area contributed by atoms with Crippen molar-refractivity contribution in [1.29, 1.82) is 0 Å². The van der Waals surface area contributed by atoms with E-state index in [4.69, 9.17) is 9.47 Å². The number of rotatable bonds is 6. The van der Waals surface area contributed by atoms with Gasteiger partial charge in [0.1, 0.15) is 5.69 Å². The molecule has 7 nitrogen and oxygen atoms in total. The van der Waals surface area contributed by atoms with Gasteiger partial charge in [-0.2, -0.15) is 0 Å². The highest BCUT2D eigenvalue weighted by Gasteiger charge is 2.24. The summed E-state index contributed by atoms with van der Waals surface area (Å²) in [4.78, 5) is 12.2. The van der Waals surface area contributed by atoms with E-state index in [0.29, 0.717) is 15.8 Å². The van der Waals surface area contributed by atoms with E-state index < -0.39 is 33.3 Å². The van der Waals surface area contributed by atoms with Gasteiger partial charge in [-0.15, -0.1) is 0 Å². The number of carbonyl (C=O) groups excluding carboxylic acids is 1. The Hall–Kier alpha value is -2.88. The Labute approximate surface area is 154 Å². The summed E-state index contributed by atoms with van der Waals surface area (Å²) >= 11 is 0. The molecule has 1 aliphatic rings. The minimum absolute atomic E-state index is 0.0674. The number of sulfonamides is 1. The van der Waals surface area contributed by atoms with Gasteiger partial charge in [0.25, 0.3) is 5.91 Å². The molecule has 144 valence electrons. The maximum Gasteiger partial charge on any atom is 0.251 e. The quantitative estimate of drug-likeness (QED) is 0.803. The lowest BCUT2D eigenvalue weighted by molar-refractivity contribution is 0.0954. The van der Waals surface area contributed by atoms with E-state index in [1.54, 1.807) is 6.07 Å². The van der Waals surface area contributed by atoms with Gasteiger partial charge in [-0.3, -0.25) is 9.10 Å². The maximum atomic E-state index is 13.9. The minimum atomic E-state index is -3.97. The van der Waals surface area contributed by atoms with E-state index in [0.717, 1.165) is 24.5 Å². The number of amides is 1. The number of nitrogens with one attached hydrogen (secondary N) is 1. The zero-order chi connectivity index (χ0) is 19.6. The van der Waals surface area contributed by atoms with E-state index in [1.165, 1.54) is 12.1 Å². The highest BCUT2D eigenvalue weighted by molar-refractivity contribution is 7.92. The summed E-state index contributed by atoms with van der Waals surface area (Å²) in [5.41, 5.74) is -0.403. The number of hydrogen-bond acceptors (Lipinski definition) is 5.